The van der Waals surface area contributed by atoms with Gasteiger partial charge >= 0.3 is 5.97 Å². The smallest absolute Gasteiger partial charge is 0.325 e. The second-order valence-corrected chi connectivity index (χ2v) is 8.25. The van der Waals surface area contributed by atoms with Crippen LogP contribution in [0.5, 0.6) is 0 Å². The molecule has 0 atom stereocenters. The van der Waals surface area contributed by atoms with Crippen LogP contribution in [0.1, 0.15) is 5.69 Å². The highest BCUT2D eigenvalue weighted by molar-refractivity contribution is 8.08. The van der Waals surface area contributed by atoms with Crippen LogP contribution in [0.3, 0.4) is 0 Å². The van der Waals surface area contributed by atoms with Gasteiger partial charge in [0.15, 0.2) is 0 Å². The summed E-state index contributed by atoms with van der Waals surface area (Å²) < 4.78 is 21.4. The zero-order valence-electron chi connectivity index (χ0n) is 15.6. The third-order valence-electron chi connectivity index (χ3n) is 4.38. The minimum Gasteiger partial charge on any atom is -0.468 e. The summed E-state index contributed by atoms with van der Waals surface area (Å²) in [4.78, 5) is 31.7. The normalized spacial score (nSPS) is 15.6. The van der Waals surface area contributed by atoms with Crippen LogP contribution in [0, 0.1) is 5.82 Å². The van der Waals surface area contributed by atoms with Gasteiger partial charge in [0.05, 0.1) is 18.5 Å². The molecule has 1 aromatic carbocycles. The molecule has 29 heavy (non-hydrogen) atoms. The summed E-state index contributed by atoms with van der Waals surface area (Å²) in [7, 11) is 3.00. The minimum absolute atomic E-state index is 0.215. The number of hydrogen-bond acceptors (Lipinski definition) is 7. The summed E-state index contributed by atoms with van der Waals surface area (Å²) in [5, 5.41) is 0.624. The van der Waals surface area contributed by atoms with Crippen LogP contribution >= 0.6 is 23.1 Å². The van der Waals surface area contributed by atoms with Crippen molar-refractivity contribution in [2.24, 2.45) is 0 Å². The minimum atomic E-state index is -0.529. The van der Waals surface area contributed by atoms with Crippen LogP contribution in [0.25, 0.3) is 11.1 Å². The molecule has 0 amide bonds. The van der Waals surface area contributed by atoms with Crippen molar-refractivity contribution in [2.45, 2.75) is 11.4 Å². The van der Waals surface area contributed by atoms with E-state index in [-0.39, 0.29) is 17.9 Å². The highest BCUT2D eigenvalue weighted by Crippen LogP contribution is 2.46. The van der Waals surface area contributed by atoms with E-state index < -0.39 is 5.97 Å². The Morgan fingerprint density at radius 3 is 2.79 bits per heavy atom. The van der Waals surface area contributed by atoms with E-state index in [1.54, 1.807) is 42.4 Å². The predicted octanol–water partition coefficient (Wildman–Crippen LogP) is 1.75. The Balaban J connectivity index is 1.95. The molecule has 4 rings (SSSR count). The Morgan fingerprint density at radius 1 is 1.28 bits per heavy atom. The summed E-state index contributed by atoms with van der Waals surface area (Å²) in [6.45, 7) is -0.215. The number of thiazole rings is 1. The van der Waals surface area contributed by atoms with Crippen molar-refractivity contribution in [3.05, 3.63) is 73.7 Å². The number of carbonyl (C=O) groups excluding carboxylic acids is 1. The van der Waals surface area contributed by atoms with E-state index in [4.69, 9.17) is 4.74 Å². The first-order valence-electron chi connectivity index (χ1n) is 8.63. The maximum Gasteiger partial charge on any atom is 0.325 e. The number of pyridine rings is 1. The number of thioether (sulfide) groups is 1. The molecule has 0 saturated carbocycles. The SMILES string of the molecule is COC(=O)Cn1c(=Cc2ccccn2)sc(=C2Sc3cccc(F)c3N2C)c1=O. The summed E-state index contributed by atoms with van der Waals surface area (Å²) >= 11 is 2.57. The number of fused-ring (bicyclic) bond motifs is 1. The Morgan fingerprint density at radius 2 is 2.10 bits per heavy atom. The zero-order valence-corrected chi connectivity index (χ0v) is 17.2. The molecule has 0 radical (unpaired) electrons. The topological polar surface area (TPSA) is 64.4 Å². The number of para-hydroxylation sites is 1. The lowest BCUT2D eigenvalue weighted by atomic mass is 10.3. The van der Waals surface area contributed by atoms with Crippen molar-refractivity contribution in [3.63, 3.8) is 0 Å². The third kappa shape index (κ3) is 3.58. The Hall–Kier alpha value is -2.91. The molecule has 3 aromatic rings. The molecule has 2 aromatic heterocycles. The van der Waals surface area contributed by atoms with E-state index in [0.717, 1.165) is 4.90 Å². The van der Waals surface area contributed by atoms with Gasteiger partial charge in [0.2, 0.25) is 0 Å². The van der Waals surface area contributed by atoms with Gasteiger partial charge in [-0.25, -0.2) is 4.39 Å². The molecule has 1 aliphatic heterocycles. The van der Waals surface area contributed by atoms with Gasteiger partial charge in [-0.1, -0.05) is 23.9 Å². The average molecular weight is 429 g/mol. The van der Waals surface area contributed by atoms with Gasteiger partial charge in [0.25, 0.3) is 5.56 Å². The number of esters is 1. The molecule has 0 aliphatic carbocycles. The monoisotopic (exact) mass is 429 g/mol. The lowest BCUT2D eigenvalue weighted by Gasteiger charge is -2.12. The van der Waals surface area contributed by atoms with Crippen molar-refractivity contribution in [1.82, 2.24) is 9.55 Å². The number of benzene rings is 1. The number of carbonyl (C=O) groups is 1. The van der Waals surface area contributed by atoms with Gasteiger partial charge in [-0.05, 0) is 30.3 Å². The molecule has 0 N–H and O–H groups in total. The molecule has 0 spiro atoms. The van der Waals surface area contributed by atoms with Crippen LogP contribution in [-0.2, 0) is 16.1 Å². The number of hydrogen-bond donors (Lipinski definition) is 0. The Bertz CT molecular complexity index is 1270. The van der Waals surface area contributed by atoms with E-state index in [2.05, 4.69) is 4.98 Å². The molecule has 3 heterocycles. The van der Waals surface area contributed by atoms with Crippen molar-refractivity contribution < 1.29 is 13.9 Å². The fraction of sp³-hybridized carbons (Fsp3) is 0.150. The quantitative estimate of drug-likeness (QED) is 0.591. The highest BCUT2D eigenvalue weighted by Gasteiger charge is 2.27. The first-order valence-corrected chi connectivity index (χ1v) is 10.3. The second kappa shape index (κ2) is 7.84. The van der Waals surface area contributed by atoms with Crippen LogP contribution in [-0.4, -0.2) is 29.7 Å². The van der Waals surface area contributed by atoms with Crippen LogP contribution < -0.4 is 19.7 Å². The van der Waals surface area contributed by atoms with Gasteiger partial charge < -0.3 is 9.64 Å². The number of anilines is 1. The molecule has 1 aliphatic rings. The van der Waals surface area contributed by atoms with Crippen LogP contribution in [0.15, 0.2) is 52.3 Å². The van der Waals surface area contributed by atoms with E-state index in [1.807, 2.05) is 12.1 Å². The maximum absolute atomic E-state index is 14.3. The van der Waals surface area contributed by atoms with Gasteiger partial charge in [0.1, 0.15) is 26.6 Å². The largest absolute Gasteiger partial charge is 0.468 e. The van der Waals surface area contributed by atoms with Crippen molar-refractivity contribution in [3.8, 4) is 0 Å². The molecule has 6 nitrogen and oxygen atoms in total. The highest BCUT2D eigenvalue weighted by atomic mass is 32.2. The second-order valence-electron chi connectivity index (χ2n) is 6.19. The van der Waals surface area contributed by atoms with Crippen molar-refractivity contribution in [2.75, 3.05) is 19.1 Å². The predicted molar refractivity (Wildman–Crippen MR) is 112 cm³/mol. The molecule has 148 valence electrons. The summed E-state index contributed by atoms with van der Waals surface area (Å²) in [5.41, 5.74) is 0.769. The molecule has 0 bridgehead atoms. The number of aromatic nitrogens is 2. The fourth-order valence-electron chi connectivity index (χ4n) is 2.98. The third-order valence-corrected chi connectivity index (χ3v) is 6.85. The molecule has 0 fully saturated rings. The van der Waals surface area contributed by atoms with E-state index >= 15 is 0 Å². The van der Waals surface area contributed by atoms with E-state index in [1.165, 1.54) is 40.8 Å². The molecular weight excluding hydrogens is 413 g/mol. The summed E-state index contributed by atoms with van der Waals surface area (Å²) in [5.74, 6) is -0.877. The fourth-order valence-corrected chi connectivity index (χ4v) is 5.39. The number of ether oxygens (including phenoxy) is 1. The van der Waals surface area contributed by atoms with E-state index in [0.29, 0.717) is 25.6 Å². The lowest BCUT2D eigenvalue weighted by molar-refractivity contribution is -0.141. The molecular formula is C20H16FN3O3S2. The zero-order chi connectivity index (χ0) is 20.5. The van der Waals surface area contributed by atoms with Gasteiger partial charge in [-0.3, -0.25) is 19.1 Å². The van der Waals surface area contributed by atoms with Gasteiger partial charge in [-0.2, -0.15) is 0 Å². The molecule has 0 saturated heterocycles. The Kier molecular flexibility index (Phi) is 5.25. The van der Waals surface area contributed by atoms with Crippen LogP contribution in [0.2, 0.25) is 0 Å². The van der Waals surface area contributed by atoms with Crippen molar-refractivity contribution >= 4 is 45.9 Å². The lowest BCUT2D eigenvalue weighted by Crippen LogP contribution is -2.36. The maximum atomic E-state index is 14.3. The average Bonchev–Trinajstić information content (AvgIpc) is 3.21. The standard InChI is InChI=1S/C20H16FN3O3S2/c1-23-17-13(21)7-5-8-14(17)28-20(23)18-19(26)24(11-16(25)27-2)15(29-18)10-12-6-3-4-9-22-12/h3-10H,11H2,1-2H3. The first-order chi connectivity index (χ1) is 14.0. The van der Waals surface area contributed by atoms with Gasteiger partial charge in [0, 0.05) is 18.1 Å². The number of halogens is 1. The van der Waals surface area contributed by atoms with Gasteiger partial charge in [-0.15, -0.1) is 11.3 Å². The number of nitrogens with zero attached hydrogens (tertiary/aromatic N) is 3. The van der Waals surface area contributed by atoms with Crippen molar-refractivity contribution in [1.29, 1.82) is 0 Å². The van der Waals surface area contributed by atoms with E-state index in [9.17, 15) is 14.0 Å². The molecule has 9 heteroatoms. The molecule has 0 unspecified atom stereocenters. The number of rotatable bonds is 3. The number of methoxy groups -OCH3 is 1. The Labute approximate surface area is 173 Å². The summed E-state index contributed by atoms with van der Waals surface area (Å²) in [6, 6.07) is 10.3. The first kappa shape index (κ1) is 19.4. The van der Waals surface area contributed by atoms with Crippen LogP contribution in [0.4, 0.5) is 10.1 Å². The summed E-state index contributed by atoms with van der Waals surface area (Å²) in [6.07, 6.45) is 3.39.